The zero-order chi connectivity index (χ0) is 22.6. The number of carbonyl (C=O) groups excluding carboxylic acids is 1. The third kappa shape index (κ3) is 4.35. The molecule has 1 aliphatic rings. The summed E-state index contributed by atoms with van der Waals surface area (Å²) in [5.41, 5.74) is 12.3. The number of carbonyl (C=O) groups is 1. The van der Waals surface area contributed by atoms with Crippen molar-refractivity contribution in [3.63, 3.8) is 0 Å². The molecule has 10 nitrogen and oxygen atoms in total. The van der Waals surface area contributed by atoms with Crippen LogP contribution in [0.3, 0.4) is 0 Å². The molecular weight excluding hydrogens is 440 g/mol. The third-order valence-corrected chi connectivity index (χ3v) is 6.30. The van der Waals surface area contributed by atoms with Crippen LogP contribution in [0.25, 0.3) is 5.82 Å². The zero-order valence-corrected chi connectivity index (χ0v) is 18.3. The van der Waals surface area contributed by atoms with E-state index in [9.17, 15) is 4.79 Å². The highest BCUT2D eigenvalue weighted by Gasteiger charge is 2.24. The average molecular weight is 461 g/mol. The summed E-state index contributed by atoms with van der Waals surface area (Å²) < 4.78 is 6.08. The number of anilines is 1. The summed E-state index contributed by atoms with van der Waals surface area (Å²) in [5, 5.41) is 20.0. The van der Waals surface area contributed by atoms with Gasteiger partial charge in [0.15, 0.2) is 5.69 Å². The van der Waals surface area contributed by atoms with Gasteiger partial charge in [-0.1, -0.05) is 47.7 Å². The lowest BCUT2D eigenvalue weighted by molar-refractivity contribution is 0.0949. The molecule has 0 spiro atoms. The van der Waals surface area contributed by atoms with Crippen molar-refractivity contribution in [2.75, 3.05) is 5.73 Å². The van der Waals surface area contributed by atoms with E-state index in [2.05, 4.69) is 37.2 Å². The van der Waals surface area contributed by atoms with Gasteiger partial charge in [-0.2, -0.15) is 9.78 Å². The molecule has 0 saturated carbocycles. The Labute approximate surface area is 193 Å². The Morgan fingerprint density at radius 2 is 1.94 bits per heavy atom. The number of nitrogens with one attached hydrogen (secondary N) is 1. The molecule has 33 heavy (non-hydrogen) atoms. The van der Waals surface area contributed by atoms with Gasteiger partial charge in [-0.15, -0.1) is 16.9 Å². The van der Waals surface area contributed by atoms with Gasteiger partial charge in [0.25, 0.3) is 5.91 Å². The Bertz CT molecular complexity index is 1310. The second-order valence-corrected chi connectivity index (χ2v) is 8.43. The lowest BCUT2D eigenvalue weighted by Gasteiger charge is -2.17. The number of thioether (sulfide) groups is 1. The fraction of sp³-hybridized carbons (Fsp3) is 0.182. The van der Waals surface area contributed by atoms with Crippen LogP contribution in [0.4, 0.5) is 5.82 Å². The number of nitrogen functional groups attached to an aromatic ring is 1. The van der Waals surface area contributed by atoms with Crippen LogP contribution >= 0.6 is 11.8 Å². The van der Waals surface area contributed by atoms with Crippen molar-refractivity contribution in [2.45, 2.75) is 29.9 Å². The van der Waals surface area contributed by atoms with E-state index in [1.807, 2.05) is 48.5 Å². The van der Waals surface area contributed by atoms with Crippen molar-refractivity contribution >= 4 is 29.2 Å². The second kappa shape index (κ2) is 9.25. The van der Waals surface area contributed by atoms with E-state index in [1.165, 1.54) is 22.0 Å². The number of hydrogen-bond acceptors (Lipinski definition) is 9. The molecule has 0 bridgehead atoms. The normalized spacial score (nSPS) is 14.2. The van der Waals surface area contributed by atoms with Gasteiger partial charge in [-0.25, -0.2) is 10.1 Å². The fourth-order valence-electron chi connectivity index (χ4n) is 3.67. The Morgan fingerprint density at radius 1 is 1.12 bits per heavy atom. The number of aromatic nitrogens is 5. The minimum absolute atomic E-state index is 0.0527. The predicted octanol–water partition coefficient (Wildman–Crippen LogP) is 3.00. The van der Waals surface area contributed by atoms with Crippen LogP contribution in [0.2, 0.25) is 0 Å². The second-order valence-electron chi connectivity index (χ2n) is 7.38. The summed E-state index contributed by atoms with van der Waals surface area (Å²) in [6.07, 6.45) is 2.78. The van der Waals surface area contributed by atoms with E-state index in [0.717, 1.165) is 35.4 Å². The highest BCUT2D eigenvalue weighted by atomic mass is 32.2. The molecule has 3 N–H and O–H groups in total. The molecule has 4 aromatic rings. The van der Waals surface area contributed by atoms with E-state index >= 15 is 0 Å². The van der Waals surface area contributed by atoms with Crippen LogP contribution in [0.5, 0.6) is 0 Å². The number of hydrazone groups is 1. The quantitative estimate of drug-likeness (QED) is 0.331. The maximum atomic E-state index is 13.1. The van der Waals surface area contributed by atoms with E-state index in [-0.39, 0.29) is 17.3 Å². The van der Waals surface area contributed by atoms with Gasteiger partial charge < -0.3 is 5.73 Å². The standard InChI is InChI=1S/C22H20N8O2S/c23-20-21(28-32-27-20)30-18(13-33-15-9-2-1-3-10-15)19(25-29-30)22(31)26-24-17-12-6-8-14-7-4-5-11-16(14)17/h1-5,7,9-11H,6,8,12-13H2,(H2,23,27)(H,26,31)/b24-17+. The minimum atomic E-state index is -0.463. The van der Waals surface area contributed by atoms with Gasteiger partial charge in [0.1, 0.15) is 0 Å². The molecule has 0 atom stereocenters. The summed E-state index contributed by atoms with van der Waals surface area (Å²) >= 11 is 1.53. The first kappa shape index (κ1) is 20.9. The van der Waals surface area contributed by atoms with E-state index in [0.29, 0.717) is 11.4 Å². The van der Waals surface area contributed by atoms with Crippen LogP contribution in [-0.2, 0) is 12.2 Å². The number of nitrogens with two attached hydrogens (primary N) is 1. The topological polar surface area (TPSA) is 137 Å². The largest absolute Gasteiger partial charge is 0.378 e. The average Bonchev–Trinajstić information content (AvgIpc) is 3.47. The summed E-state index contributed by atoms with van der Waals surface area (Å²) in [6.45, 7) is 0. The molecule has 5 rings (SSSR count). The summed E-state index contributed by atoms with van der Waals surface area (Å²) in [6, 6.07) is 17.9. The van der Waals surface area contributed by atoms with E-state index < -0.39 is 5.91 Å². The summed E-state index contributed by atoms with van der Waals surface area (Å²) in [7, 11) is 0. The molecule has 2 heterocycles. The summed E-state index contributed by atoms with van der Waals surface area (Å²) in [5.74, 6) is 0.163. The van der Waals surface area contributed by atoms with Gasteiger partial charge in [-0.3, -0.25) is 4.79 Å². The molecule has 0 unspecified atom stereocenters. The van der Waals surface area contributed by atoms with Gasteiger partial charge in [-0.05, 0) is 47.3 Å². The Kier molecular flexibility index (Phi) is 5.85. The summed E-state index contributed by atoms with van der Waals surface area (Å²) in [4.78, 5) is 14.1. The van der Waals surface area contributed by atoms with Crippen molar-refractivity contribution in [1.82, 2.24) is 30.7 Å². The van der Waals surface area contributed by atoms with Crippen molar-refractivity contribution in [3.8, 4) is 5.82 Å². The maximum absolute atomic E-state index is 13.1. The van der Waals surface area contributed by atoms with Crippen molar-refractivity contribution < 1.29 is 9.42 Å². The minimum Gasteiger partial charge on any atom is -0.378 e. The number of benzene rings is 2. The molecule has 1 aliphatic carbocycles. The number of aryl methyl sites for hydroxylation is 1. The molecule has 11 heteroatoms. The van der Waals surface area contributed by atoms with Gasteiger partial charge in [0.05, 0.1) is 11.4 Å². The molecule has 0 fully saturated rings. The number of fused-ring (bicyclic) bond motifs is 1. The first-order valence-corrected chi connectivity index (χ1v) is 11.4. The smallest absolute Gasteiger partial charge is 0.293 e. The fourth-order valence-corrected chi connectivity index (χ4v) is 4.58. The molecule has 166 valence electrons. The van der Waals surface area contributed by atoms with E-state index in [4.69, 9.17) is 10.4 Å². The Balaban J connectivity index is 1.43. The molecule has 2 aromatic heterocycles. The molecular formula is C22H20N8O2S. The predicted molar refractivity (Wildman–Crippen MR) is 123 cm³/mol. The highest BCUT2D eigenvalue weighted by Crippen LogP contribution is 2.26. The first-order valence-electron chi connectivity index (χ1n) is 10.4. The van der Waals surface area contributed by atoms with Crippen LogP contribution in [0, 0.1) is 0 Å². The lowest BCUT2D eigenvalue weighted by Crippen LogP contribution is -2.23. The number of amides is 1. The van der Waals surface area contributed by atoms with E-state index in [1.54, 1.807) is 0 Å². The van der Waals surface area contributed by atoms with Gasteiger partial charge in [0, 0.05) is 16.2 Å². The molecule has 1 amide bonds. The van der Waals surface area contributed by atoms with Gasteiger partial charge in [0.2, 0.25) is 11.6 Å². The SMILES string of the molecule is Nc1nonc1-n1nnc(C(=O)N/N=C2\CCCc3ccccc32)c1CSc1ccccc1. The molecule has 0 saturated heterocycles. The molecule has 0 radical (unpaired) electrons. The van der Waals surface area contributed by atoms with Gasteiger partial charge >= 0.3 is 0 Å². The van der Waals surface area contributed by atoms with Crippen LogP contribution in [0.1, 0.15) is 40.2 Å². The lowest BCUT2D eigenvalue weighted by atomic mass is 9.90. The van der Waals surface area contributed by atoms with Crippen LogP contribution < -0.4 is 11.2 Å². The number of rotatable bonds is 6. The zero-order valence-electron chi connectivity index (χ0n) is 17.5. The number of hydrogen-bond donors (Lipinski definition) is 2. The third-order valence-electron chi connectivity index (χ3n) is 5.27. The first-order chi connectivity index (χ1) is 16.2. The molecule has 0 aliphatic heterocycles. The van der Waals surface area contributed by atoms with Crippen LogP contribution in [-0.4, -0.2) is 36.9 Å². The Hall–Kier alpha value is -3.99. The monoisotopic (exact) mass is 460 g/mol. The number of nitrogens with zero attached hydrogens (tertiary/aromatic N) is 6. The highest BCUT2D eigenvalue weighted by molar-refractivity contribution is 7.98. The Morgan fingerprint density at radius 3 is 2.76 bits per heavy atom. The van der Waals surface area contributed by atoms with Crippen LogP contribution in [0.15, 0.2) is 69.2 Å². The maximum Gasteiger partial charge on any atom is 0.293 e. The molecule has 2 aromatic carbocycles. The van der Waals surface area contributed by atoms with Crippen molar-refractivity contribution in [1.29, 1.82) is 0 Å². The van der Waals surface area contributed by atoms with Crippen molar-refractivity contribution in [3.05, 3.63) is 77.1 Å². The van der Waals surface area contributed by atoms with Crippen molar-refractivity contribution in [2.24, 2.45) is 5.10 Å².